The second-order valence-corrected chi connectivity index (χ2v) is 9.82. The Labute approximate surface area is 203 Å². The number of amides is 1. The molecule has 178 valence electrons. The van der Waals surface area contributed by atoms with Crippen LogP contribution < -0.4 is 11.2 Å². The summed E-state index contributed by atoms with van der Waals surface area (Å²) >= 11 is 7.29. The minimum atomic E-state index is -0.447. The zero-order valence-corrected chi connectivity index (χ0v) is 20.5. The number of aromatic nitrogens is 6. The Balaban J connectivity index is 1.62. The Morgan fingerprint density at radius 1 is 1.03 bits per heavy atom. The predicted molar refractivity (Wildman–Crippen MR) is 131 cm³/mol. The van der Waals surface area contributed by atoms with Gasteiger partial charge in [-0.3, -0.25) is 23.3 Å². The van der Waals surface area contributed by atoms with Gasteiger partial charge in [0.2, 0.25) is 11.7 Å². The van der Waals surface area contributed by atoms with Gasteiger partial charge in [-0.1, -0.05) is 35.5 Å². The number of fused-ring (bicyclic) bond motifs is 3. The molecule has 4 heterocycles. The van der Waals surface area contributed by atoms with E-state index in [0.29, 0.717) is 33.7 Å². The zero-order chi connectivity index (χ0) is 24.0. The average molecular weight is 502 g/mol. The number of benzene rings is 1. The van der Waals surface area contributed by atoms with E-state index in [4.69, 9.17) is 11.6 Å². The Morgan fingerprint density at radius 3 is 2.44 bits per heavy atom. The van der Waals surface area contributed by atoms with Crippen molar-refractivity contribution in [3.8, 4) is 0 Å². The van der Waals surface area contributed by atoms with E-state index in [2.05, 4.69) is 10.2 Å². The Kier molecular flexibility index (Phi) is 5.98. The number of likely N-dealkylation sites (tertiary alicyclic amines) is 1. The first kappa shape index (κ1) is 22.7. The van der Waals surface area contributed by atoms with Gasteiger partial charge in [-0.25, -0.2) is 9.20 Å². The van der Waals surface area contributed by atoms with Crippen molar-refractivity contribution in [1.82, 2.24) is 33.2 Å². The largest absolute Gasteiger partial charge is 0.342 e. The summed E-state index contributed by atoms with van der Waals surface area (Å²) in [5, 5.41) is 9.72. The molecule has 0 unspecified atom stereocenters. The van der Waals surface area contributed by atoms with Gasteiger partial charge in [-0.2, -0.15) is 0 Å². The maximum atomic E-state index is 13.2. The summed E-state index contributed by atoms with van der Waals surface area (Å²) in [4.78, 5) is 40.5. The number of aryl methyl sites for hydroxylation is 1. The lowest BCUT2D eigenvalue weighted by atomic mass is 10.1. The molecule has 1 aliphatic rings. The summed E-state index contributed by atoms with van der Waals surface area (Å²) < 4.78 is 5.95. The lowest BCUT2D eigenvalue weighted by Crippen LogP contribution is -2.38. The molecule has 1 aliphatic heterocycles. The fourth-order valence-electron chi connectivity index (χ4n) is 4.41. The Morgan fingerprint density at radius 2 is 1.74 bits per heavy atom. The standard InChI is InChI=1S/C22H24ClN7O3S/c1-26-18-17(19(32)27(2)22(26)33)29(12-14-6-8-15(23)9-7-14)20-24-25-21(30(18)20)34-13-16(31)28-10-4-3-5-11-28/h6-9H,3-5,10-13H2,1-2H3. The molecule has 3 aromatic heterocycles. The van der Waals surface area contributed by atoms with Gasteiger partial charge in [0, 0.05) is 32.2 Å². The highest BCUT2D eigenvalue weighted by Crippen LogP contribution is 2.25. The van der Waals surface area contributed by atoms with Crippen molar-refractivity contribution < 1.29 is 4.79 Å². The monoisotopic (exact) mass is 501 g/mol. The van der Waals surface area contributed by atoms with Gasteiger partial charge >= 0.3 is 5.69 Å². The summed E-state index contributed by atoms with van der Waals surface area (Å²) in [7, 11) is 3.07. The van der Waals surface area contributed by atoms with Gasteiger partial charge in [-0.05, 0) is 37.0 Å². The van der Waals surface area contributed by atoms with Crippen molar-refractivity contribution >= 4 is 46.2 Å². The summed E-state index contributed by atoms with van der Waals surface area (Å²) in [6, 6.07) is 7.32. The summed E-state index contributed by atoms with van der Waals surface area (Å²) in [6.07, 6.45) is 3.20. The maximum Gasteiger partial charge on any atom is 0.332 e. The number of carbonyl (C=O) groups is 1. The molecule has 4 aromatic rings. The number of carbonyl (C=O) groups excluding carboxylic acids is 1. The molecular weight excluding hydrogens is 478 g/mol. The molecule has 0 bridgehead atoms. The fourth-order valence-corrected chi connectivity index (χ4v) is 5.36. The number of rotatable bonds is 5. The molecule has 1 saturated heterocycles. The number of nitrogens with zero attached hydrogens (tertiary/aromatic N) is 7. The average Bonchev–Trinajstić information content (AvgIpc) is 3.40. The molecular formula is C22H24ClN7O3S. The van der Waals surface area contributed by atoms with Gasteiger partial charge in [-0.15, -0.1) is 10.2 Å². The highest BCUT2D eigenvalue weighted by atomic mass is 35.5. The molecule has 12 heteroatoms. The third kappa shape index (κ3) is 3.82. The van der Waals surface area contributed by atoms with Crippen LogP contribution in [-0.4, -0.2) is 57.9 Å². The van der Waals surface area contributed by atoms with E-state index in [0.717, 1.165) is 42.5 Å². The summed E-state index contributed by atoms with van der Waals surface area (Å²) in [6.45, 7) is 1.90. The van der Waals surface area contributed by atoms with E-state index >= 15 is 0 Å². The van der Waals surface area contributed by atoms with Crippen LogP contribution in [0.25, 0.3) is 16.9 Å². The molecule has 0 aliphatic carbocycles. The molecule has 10 nitrogen and oxygen atoms in total. The van der Waals surface area contributed by atoms with E-state index in [1.165, 1.54) is 23.4 Å². The highest BCUT2D eigenvalue weighted by molar-refractivity contribution is 7.99. The number of piperidine rings is 1. The van der Waals surface area contributed by atoms with E-state index in [1.807, 2.05) is 17.0 Å². The van der Waals surface area contributed by atoms with Crippen LogP contribution in [-0.2, 0) is 25.4 Å². The van der Waals surface area contributed by atoms with Gasteiger partial charge < -0.3 is 4.90 Å². The first-order valence-electron chi connectivity index (χ1n) is 11.0. The third-order valence-corrected chi connectivity index (χ3v) is 7.40. The van der Waals surface area contributed by atoms with Crippen LogP contribution in [0.15, 0.2) is 39.0 Å². The lowest BCUT2D eigenvalue weighted by molar-refractivity contribution is -0.129. The maximum absolute atomic E-state index is 13.2. The summed E-state index contributed by atoms with van der Waals surface area (Å²) in [5.74, 6) is 0.691. The number of hydrogen-bond donors (Lipinski definition) is 0. The fraction of sp³-hybridized carbons (Fsp3) is 0.409. The van der Waals surface area contributed by atoms with Crippen molar-refractivity contribution in [2.24, 2.45) is 14.1 Å². The molecule has 0 atom stereocenters. The minimum absolute atomic E-state index is 0.0520. The first-order valence-corrected chi connectivity index (χ1v) is 12.4. The normalized spacial score (nSPS) is 14.4. The molecule has 0 spiro atoms. The van der Waals surface area contributed by atoms with Crippen LogP contribution in [0.3, 0.4) is 0 Å². The van der Waals surface area contributed by atoms with Crippen molar-refractivity contribution in [1.29, 1.82) is 0 Å². The second-order valence-electron chi connectivity index (χ2n) is 8.44. The first-order chi connectivity index (χ1) is 16.4. The molecule has 0 N–H and O–H groups in total. The number of hydrogen-bond acceptors (Lipinski definition) is 6. The molecule has 0 saturated carbocycles. The van der Waals surface area contributed by atoms with Crippen molar-refractivity contribution in [2.45, 2.75) is 31.0 Å². The predicted octanol–water partition coefficient (Wildman–Crippen LogP) is 1.89. The van der Waals surface area contributed by atoms with Crippen molar-refractivity contribution in [3.63, 3.8) is 0 Å². The van der Waals surface area contributed by atoms with E-state index in [9.17, 15) is 14.4 Å². The highest BCUT2D eigenvalue weighted by Gasteiger charge is 2.25. The number of halogens is 1. The van der Waals surface area contributed by atoms with Gasteiger partial charge in [0.15, 0.2) is 16.3 Å². The molecule has 1 aromatic carbocycles. The van der Waals surface area contributed by atoms with Crippen molar-refractivity contribution in [3.05, 3.63) is 55.7 Å². The van der Waals surface area contributed by atoms with Crippen LogP contribution in [0.2, 0.25) is 5.02 Å². The topological polar surface area (TPSA) is 99.4 Å². The SMILES string of the molecule is Cn1c(=O)c2c(n(C)c1=O)n1c(SCC(=O)N3CCCCC3)nnc1n2Cc1ccc(Cl)cc1. The minimum Gasteiger partial charge on any atom is -0.342 e. The summed E-state index contributed by atoms with van der Waals surface area (Å²) in [5.41, 5.74) is 0.788. The number of imidazole rings is 1. The van der Waals surface area contributed by atoms with Gasteiger partial charge in [0.1, 0.15) is 0 Å². The molecule has 0 radical (unpaired) electrons. The quantitative estimate of drug-likeness (QED) is 0.387. The van der Waals surface area contributed by atoms with Crippen LogP contribution >= 0.6 is 23.4 Å². The van der Waals surface area contributed by atoms with Crippen LogP contribution in [0.4, 0.5) is 0 Å². The molecule has 1 amide bonds. The van der Waals surface area contributed by atoms with Crippen LogP contribution in [0.5, 0.6) is 0 Å². The Bertz CT molecular complexity index is 1510. The zero-order valence-electron chi connectivity index (χ0n) is 18.9. The van der Waals surface area contributed by atoms with Crippen LogP contribution in [0, 0.1) is 0 Å². The third-order valence-electron chi connectivity index (χ3n) is 6.24. The van der Waals surface area contributed by atoms with Crippen LogP contribution in [0.1, 0.15) is 24.8 Å². The number of thioether (sulfide) groups is 1. The lowest BCUT2D eigenvalue weighted by Gasteiger charge is -2.26. The van der Waals surface area contributed by atoms with Gasteiger partial charge in [0.05, 0.1) is 12.3 Å². The molecule has 5 rings (SSSR count). The molecule has 1 fully saturated rings. The van der Waals surface area contributed by atoms with E-state index in [1.54, 1.807) is 28.1 Å². The van der Waals surface area contributed by atoms with E-state index < -0.39 is 11.2 Å². The Hall–Kier alpha value is -3.05. The van der Waals surface area contributed by atoms with Crippen molar-refractivity contribution in [2.75, 3.05) is 18.8 Å². The van der Waals surface area contributed by atoms with E-state index in [-0.39, 0.29) is 11.7 Å². The molecule has 34 heavy (non-hydrogen) atoms. The van der Waals surface area contributed by atoms with Gasteiger partial charge in [0.25, 0.3) is 5.56 Å². The smallest absolute Gasteiger partial charge is 0.332 e. The second kappa shape index (κ2) is 8.95.